The number of amides is 3. The van der Waals surface area contributed by atoms with Crippen LogP contribution in [0.4, 0.5) is 4.79 Å². The number of imide groups is 1. The zero-order chi connectivity index (χ0) is 16.4. The number of urea groups is 1. The Labute approximate surface area is 142 Å². The quantitative estimate of drug-likeness (QED) is 0.656. The van der Waals surface area contributed by atoms with E-state index in [1.54, 1.807) is 11.3 Å². The molecule has 0 spiro atoms. The Hall–Kier alpha value is -1.67. The number of aryl methyl sites for hydroxylation is 3. The number of carbonyl (C=O) groups is 2. The number of hydrogen-bond acceptors (Lipinski definition) is 6. The number of carbonyl (C=O) groups excluding carboxylic acids is 2. The lowest BCUT2D eigenvalue weighted by Gasteiger charge is -2.11. The molecule has 122 valence electrons. The second-order valence-electron chi connectivity index (χ2n) is 5.38. The number of thioether (sulfide) groups is 1. The second-order valence-corrected chi connectivity index (χ2v) is 7.43. The summed E-state index contributed by atoms with van der Waals surface area (Å²) in [5.41, 5.74) is 1.35. The van der Waals surface area contributed by atoms with Crippen molar-refractivity contribution in [3.8, 4) is 0 Å². The smallest absolute Gasteiger partial charge is 0.321 e. The summed E-state index contributed by atoms with van der Waals surface area (Å²) < 4.78 is 0. The van der Waals surface area contributed by atoms with Crippen molar-refractivity contribution in [1.29, 1.82) is 0 Å². The number of hydrogen-bond donors (Lipinski definition) is 2. The lowest BCUT2D eigenvalue weighted by Crippen LogP contribution is -2.38. The van der Waals surface area contributed by atoms with E-state index < -0.39 is 6.03 Å². The van der Waals surface area contributed by atoms with Crippen LogP contribution < -0.4 is 10.6 Å². The predicted octanol–water partition coefficient (Wildman–Crippen LogP) is 2.43. The van der Waals surface area contributed by atoms with Crippen molar-refractivity contribution in [3.63, 3.8) is 0 Å². The molecule has 1 aliphatic rings. The van der Waals surface area contributed by atoms with Crippen molar-refractivity contribution < 1.29 is 9.59 Å². The van der Waals surface area contributed by atoms with E-state index in [0.29, 0.717) is 5.82 Å². The summed E-state index contributed by atoms with van der Waals surface area (Å²) in [6.07, 6.45) is 4.58. The van der Waals surface area contributed by atoms with Crippen molar-refractivity contribution in [2.45, 2.75) is 37.6 Å². The summed E-state index contributed by atoms with van der Waals surface area (Å²) in [6.45, 7) is 1.87. The van der Waals surface area contributed by atoms with Gasteiger partial charge in [-0.1, -0.05) is 11.8 Å². The van der Waals surface area contributed by atoms with E-state index in [9.17, 15) is 9.59 Å². The molecule has 8 heteroatoms. The van der Waals surface area contributed by atoms with Gasteiger partial charge in [-0.2, -0.15) is 0 Å². The molecular weight excluding hydrogens is 332 g/mol. The van der Waals surface area contributed by atoms with Crippen LogP contribution in [0.2, 0.25) is 0 Å². The fraction of sp³-hybridized carbons (Fsp3) is 0.467. The zero-order valence-corrected chi connectivity index (χ0v) is 14.7. The van der Waals surface area contributed by atoms with Gasteiger partial charge in [-0.15, -0.1) is 11.3 Å². The third-order valence-electron chi connectivity index (χ3n) is 3.71. The first-order valence-electron chi connectivity index (χ1n) is 7.51. The van der Waals surface area contributed by atoms with Crippen molar-refractivity contribution in [2.75, 3.05) is 12.8 Å². The summed E-state index contributed by atoms with van der Waals surface area (Å²) in [5.74, 6) is 0.539. The van der Waals surface area contributed by atoms with Crippen LogP contribution in [0, 0.1) is 6.92 Å². The van der Waals surface area contributed by atoms with Gasteiger partial charge in [0.05, 0.1) is 5.75 Å². The Morgan fingerprint density at radius 1 is 1.26 bits per heavy atom. The molecule has 0 bridgehead atoms. The third-order valence-corrected chi connectivity index (χ3v) is 5.87. The molecule has 0 radical (unpaired) electrons. The van der Waals surface area contributed by atoms with E-state index >= 15 is 0 Å². The average molecular weight is 350 g/mol. The SMILES string of the molecule is CNC(=O)NC(=O)CSc1nc(C)nc2sc3c(c12)CCCC3. The van der Waals surface area contributed by atoms with Gasteiger partial charge in [-0.05, 0) is 38.2 Å². The van der Waals surface area contributed by atoms with Crippen LogP contribution in [0.5, 0.6) is 0 Å². The zero-order valence-electron chi connectivity index (χ0n) is 13.1. The van der Waals surface area contributed by atoms with Gasteiger partial charge in [0, 0.05) is 17.3 Å². The number of thiophene rings is 1. The Bertz CT molecular complexity index is 772. The summed E-state index contributed by atoms with van der Waals surface area (Å²) in [6, 6.07) is -0.493. The van der Waals surface area contributed by atoms with Crippen LogP contribution >= 0.6 is 23.1 Å². The summed E-state index contributed by atoms with van der Waals surface area (Å²) in [5, 5.41) is 6.58. The van der Waals surface area contributed by atoms with Gasteiger partial charge in [-0.3, -0.25) is 10.1 Å². The highest BCUT2D eigenvalue weighted by molar-refractivity contribution is 8.00. The molecule has 23 heavy (non-hydrogen) atoms. The third kappa shape index (κ3) is 3.48. The van der Waals surface area contributed by atoms with Gasteiger partial charge >= 0.3 is 6.03 Å². The van der Waals surface area contributed by atoms with Crippen LogP contribution in [-0.2, 0) is 17.6 Å². The van der Waals surface area contributed by atoms with Gasteiger partial charge in [0.25, 0.3) is 0 Å². The van der Waals surface area contributed by atoms with Gasteiger partial charge in [0.2, 0.25) is 5.91 Å². The maximum absolute atomic E-state index is 11.8. The van der Waals surface area contributed by atoms with Crippen molar-refractivity contribution in [1.82, 2.24) is 20.6 Å². The minimum absolute atomic E-state index is 0.156. The van der Waals surface area contributed by atoms with Crippen molar-refractivity contribution >= 4 is 45.3 Å². The van der Waals surface area contributed by atoms with Gasteiger partial charge in [0.15, 0.2) is 0 Å². The molecule has 2 aromatic rings. The maximum Gasteiger partial charge on any atom is 0.321 e. The first kappa shape index (κ1) is 16.2. The Morgan fingerprint density at radius 2 is 2.04 bits per heavy atom. The minimum atomic E-state index is -0.493. The van der Waals surface area contributed by atoms with Crippen molar-refractivity contribution in [3.05, 3.63) is 16.3 Å². The Balaban J connectivity index is 1.86. The Morgan fingerprint density at radius 3 is 2.83 bits per heavy atom. The maximum atomic E-state index is 11.8. The van der Waals surface area contributed by atoms with Gasteiger partial charge in [0.1, 0.15) is 15.7 Å². The van der Waals surface area contributed by atoms with E-state index in [-0.39, 0.29) is 11.7 Å². The molecule has 0 aliphatic heterocycles. The van der Waals surface area contributed by atoms with Crippen LogP contribution in [-0.4, -0.2) is 34.7 Å². The molecule has 1 aliphatic carbocycles. The fourth-order valence-corrected chi connectivity index (χ4v) is 4.96. The first-order chi connectivity index (χ1) is 11.1. The molecule has 0 atom stereocenters. The van der Waals surface area contributed by atoms with Crippen LogP contribution in [0.3, 0.4) is 0 Å². The van der Waals surface area contributed by atoms with Crippen LogP contribution in [0.15, 0.2) is 5.03 Å². The van der Waals surface area contributed by atoms with Crippen LogP contribution in [0.25, 0.3) is 10.2 Å². The molecular formula is C15H18N4O2S2. The van der Waals surface area contributed by atoms with E-state index in [0.717, 1.165) is 28.1 Å². The standard InChI is InChI=1S/C15H18N4O2S2/c1-8-17-13(22-7-11(20)19-15(21)16-2)12-9-5-3-4-6-10(9)23-14(12)18-8/h3-7H2,1-2H3,(H2,16,19,20,21). The van der Waals surface area contributed by atoms with E-state index in [4.69, 9.17) is 0 Å². The van der Waals surface area contributed by atoms with E-state index in [1.807, 2.05) is 6.92 Å². The number of fused-ring (bicyclic) bond motifs is 3. The number of aromatic nitrogens is 2. The molecule has 2 N–H and O–H groups in total. The largest absolute Gasteiger partial charge is 0.341 e. The molecule has 0 unspecified atom stereocenters. The van der Waals surface area contributed by atoms with Gasteiger partial charge in [-0.25, -0.2) is 14.8 Å². The van der Waals surface area contributed by atoms with Crippen LogP contribution in [0.1, 0.15) is 29.1 Å². The molecule has 0 fully saturated rings. The summed E-state index contributed by atoms with van der Waals surface area (Å²) >= 11 is 3.11. The number of nitrogens with one attached hydrogen (secondary N) is 2. The van der Waals surface area contributed by atoms with E-state index in [1.165, 1.54) is 42.1 Å². The molecule has 3 amide bonds. The molecule has 3 rings (SSSR count). The molecule has 0 saturated carbocycles. The topological polar surface area (TPSA) is 84.0 Å². The highest BCUT2D eigenvalue weighted by atomic mass is 32.2. The number of nitrogens with zero attached hydrogens (tertiary/aromatic N) is 2. The number of rotatable bonds is 3. The lowest BCUT2D eigenvalue weighted by atomic mass is 9.97. The normalized spacial score (nSPS) is 13.7. The fourth-order valence-electron chi connectivity index (χ4n) is 2.69. The second kappa shape index (κ2) is 6.84. The molecule has 2 heterocycles. The Kier molecular flexibility index (Phi) is 4.82. The van der Waals surface area contributed by atoms with Gasteiger partial charge < -0.3 is 5.32 Å². The average Bonchev–Trinajstić information content (AvgIpc) is 2.90. The van der Waals surface area contributed by atoms with Crippen molar-refractivity contribution in [2.24, 2.45) is 0 Å². The predicted molar refractivity (Wildman–Crippen MR) is 92.1 cm³/mol. The summed E-state index contributed by atoms with van der Waals surface area (Å²) in [7, 11) is 1.48. The molecule has 0 saturated heterocycles. The highest BCUT2D eigenvalue weighted by Crippen LogP contribution is 2.39. The lowest BCUT2D eigenvalue weighted by molar-refractivity contribution is -0.117. The minimum Gasteiger partial charge on any atom is -0.341 e. The highest BCUT2D eigenvalue weighted by Gasteiger charge is 2.21. The molecule has 0 aromatic carbocycles. The monoisotopic (exact) mass is 350 g/mol. The molecule has 2 aromatic heterocycles. The molecule has 6 nitrogen and oxygen atoms in total. The summed E-state index contributed by atoms with van der Waals surface area (Å²) in [4.78, 5) is 34.5. The first-order valence-corrected chi connectivity index (χ1v) is 9.32. The van der Waals surface area contributed by atoms with E-state index in [2.05, 4.69) is 20.6 Å².